The summed E-state index contributed by atoms with van der Waals surface area (Å²) in [6.45, 7) is 6.09. The van der Waals surface area contributed by atoms with E-state index in [4.69, 9.17) is 0 Å². The average molecular weight is 236 g/mol. The molecule has 2 unspecified atom stereocenters. The van der Waals surface area contributed by atoms with E-state index in [9.17, 15) is 4.39 Å². The third-order valence-corrected chi connectivity index (χ3v) is 3.54. The second-order valence-corrected chi connectivity index (χ2v) is 5.11. The zero-order valence-corrected chi connectivity index (χ0v) is 10.8. The molecule has 2 atom stereocenters. The molecule has 1 heterocycles. The summed E-state index contributed by atoms with van der Waals surface area (Å²) in [5.41, 5.74) is 1.84. The Morgan fingerprint density at radius 2 is 2.18 bits per heavy atom. The smallest absolute Gasteiger partial charge is 0.129 e. The van der Waals surface area contributed by atoms with Gasteiger partial charge >= 0.3 is 0 Å². The number of benzene rings is 1. The lowest BCUT2D eigenvalue weighted by Gasteiger charge is -2.26. The fourth-order valence-electron chi connectivity index (χ4n) is 2.80. The van der Waals surface area contributed by atoms with Crippen molar-refractivity contribution in [2.45, 2.75) is 32.9 Å². The van der Waals surface area contributed by atoms with Crippen LogP contribution in [0.25, 0.3) is 0 Å². The largest absolute Gasteiger partial charge is 0.368 e. The van der Waals surface area contributed by atoms with Crippen LogP contribution in [-0.4, -0.2) is 19.6 Å². The fraction of sp³-hybridized carbons (Fsp3) is 0.571. The van der Waals surface area contributed by atoms with Gasteiger partial charge in [0.1, 0.15) is 5.82 Å². The van der Waals surface area contributed by atoms with Gasteiger partial charge in [-0.1, -0.05) is 13.0 Å². The summed E-state index contributed by atoms with van der Waals surface area (Å²) in [5.74, 6) is 0.583. The van der Waals surface area contributed by atoms with Crippen molar-refractivity contribution < 1.29 is 4.39 Å². The molecule has 0 aromatic heterocycles. The molecule has 17 heavy (non-hydrogen) atoms. The summed E-state index contributed by atoms with van der Waals surface area (Å²) in [5, 5.41) is 3.05. The summed E-state index contributed by atoms with van der Waals surface area (Å²) < 4.78 is 13.8. The van der Waals surface area contributed by atoms with Crippen LogP contribution >= 0.6 is 0 Å². The van der Waals surface area contributed by atoms with E-state index in [0.29, 0.717) is 18.5 Å². The molecule has 1 aromatic carbocycles. The Morgan fingerprint density at radius 3 is 2.76 bits per heavy atom. The number of anilines is 1. The SMILES string of the molecule is CNCc1c(F)cccc1N1CC(C)CC1C. The lowest BCUT2D eigenvalue weighted by molar-refractivity contribution is 0.597. The first kappa shape index (κ1) is 12.4. The Morgan fingerprint density at radius 1 is 1.41 bits per heavy atom. The molecule has 0 aliphatic carbocycles. The van der Waals surface area contributed by atoms with Gasteiger partial charge in [-0.3, -0.25) is 0 Å². The summed E-state index contributed by atoms with van der Waals surface area (Å²) in [7, 11) is 1.85. The predicted octanol–water partition coefficient (Wildman–Crippen LogP) is 2.78. The van der Waals surface area contributed by atoms with E-state index in [-0.39, 0.29) is 5.82 Å². The quantitative estimate of drug-likeness (QED) is 0.868. The van der Waals surface area contributed by atoms with Gasteiger partial charge in [0.25, 0.3) is 0 Å². The van der Waals surface area contributed by atoms with E-state index in [1.807, 2.05) is 13.1 Å². The zero-order valence-electron chi connectivity index (χ0n) is 10.8. The van der Waals surface area contributed by atoms with Gasteiger partial charge in [0.15, 0.2) is 0 Å². The van der Waals surface area contributed by atoms with E-state index in [1.54, 1.807) is 12.1 Å². The summed E-state index contributed by atoms with van der Waals surface area (Å²) >= 11 is 0. The molecule has 0 amide bonds. The van der Waals surface area contributed by atoms with Gasteiger partial charge in [0, 0.05) is 30.4 Å². The van der Waals surface area contributed by atoms with E-state index >= 15 is 0 Å². The first-order valence-corrected chi connectivity index (χ1v) is 6.32. The minimum atomic E-state index is -0.108. The highest BCUT2D eigenvalue weighted by Crippen LogP contribution is 2.32. The van der Waals surface area contributed by atoms with Gasteiger partial charge in [-0.15, -0.1) is 0 Å². The lowest BCUT2D eigenvalue weighted by Crippen LogP contribution is -2.28. The number of nitrogens with zero attached hydrogens (tertiary/aromatic N) is 1. The molecular weight excluding hydrogens is 215 g/mol. The predicted molar refractivity (Wildman–Crippen MR) is 69.8 cm³/mol. The maximum atomic E-state index is 13.8. The van der Waals surface area contributed by atoms with Gasteiger partial charge in [0.2, 0.25) is 0 Å². The Hall–Kier alpha value is -1.09. The molecule has 1 fully saturated rings. The van der Waals surface area contributed by atoms with Gasteiger partial charge in [-0.05, 0) is 38.4 Å². The van der Waals surface area contributed by atoms with Crippen molar-refractivity contribution in [3.8, 4) is 0 Å². The highest BCUT2D eigenvalue weighted by Gasteiger charge is 2.28. The Kier molecular flexibility index (Phi) is 3.67. The fourth-order valence-corrected chi connectivity index (χ4v) is 2.80. The molecule has 1 aliphatic rings. The highest BCUT2D eigenvalue weighted by atomic mass is 19.1. The third-order valence-electron chi connectivity index (χ3n) is 3.54. The van der Waals surface area contributed by atoms with E-state index in [1.165, 1.54) is 6.42 Å². The number of nitrogens with one attached hydrogen (secondary N) is 1. The molecule has 0 bridgehead atoms. The van der Waals surface area contributed by atoms with Crippen LogP contribution in [0.2, 0.25) is 0 Å². The second-order valence-electron chi connectivity index (χ2n) is 5.11. The summed E-state index contributed by atoms with van der Waals surface area (Å²) in [4.78, 5) is 2.33. The third kappa shape index (κ3) is 2.44. The van der Waals surface area contributed by atoms with Crippen LogP contribution in [0.1, 0.15) is 25.8 Å². The molecule has 0 spiro atoms. The van der Waals surface area contributed by atoms with Gasteiger partial charge in [-0.25, -0.2) is 4.39 Å². The normalized spacial score (nSPS) is 24.4. The minimum Gasteiger partial charge on any atom is -0.368 e. The van der Waals surface area contributed by atoms with Crippen molar-refractivity contribution >= 4 is 5.69 Å². The van der Waals surface area contributed by atoms with Crippen LogP contribution in [0.3, 0.4) is 0 Å². The molecule has 0 radical (unpaired) electrons. The zero-order chi connectivity index (χ0) is 12.4. The van der Waals surface area contributed by atoms with Crippen molar-refractivity contribution in [2.75, 3.05) is 18.5 Å². The molecule has 1 aliphatic heterocycles. The van der Waals surface area contributed by atoms with Crippen LogP contribution in [0.4, 0.5) is 10.1 Å². The van der Waals surface area contributed by atoms with Gasteiger partial charge < -0.3 is 10.2 Å². The number of hydrogen-bond donors (Lipinski definition) is 1. The Bertz CT molecular complexity index is 392. The summed E-state index contributed by atoms with van der Waals surface area (Å²) in [6.07, 6.45) is 1.19. The molecule has 2 nitrogen and oxygen atoms in total. The molecule has 2 rings (SSSR count). The van der Waals surface area contributed by atoms with Crippen LogP contribution in [0, 0.1) is 11.7 Å². The number of halogens is 1. The van der Waals surface area contributed by atoms with Crippen LogP contribution < -0.4 is 10.2 Å². The second kappa shape index (κ2) is 5.05. The Balaban J connectivity index is 2.34. The average Bonchev–Trinajstić information content (AvgIpc) is 2.61. The monoisotopic (exact) mass is 236 g/mol. The van der Waals surface area contributed by atoms with Gasteiger partial charge in [-0.2, -0.15) is 0 Å². The molecule has 3 heteroatoms. The maximum Gasteiger partial charge on any atom is 0.129 e. The first-order valence-electron chi connectivity index (χ1n) is 6.32. The van der Waals surface area contributed by atoms with Crippen LogP contribution in [0.5, 0.6) is 0 Å². The van der Waals surface area contributed by atoms with E-state index in [0.717, 1.165) is 17.8 Å². The standard InChI is InChI=1S/C14H21FN2/c1-10-7-11(2)17(9-10)14-6-4-5-13(15)12(14)8-16-3/h4-6,10-11,16H,7-9H2,1-3H3. The maximum absolute atomic E-state index is 13.8. The first-order chi connectivity index (χ1) is 8.13. The van der Waals surface area contributed by atoms with E-state index in [2.05, 4.69) is 24.1 Å². The van der Waals surface area contributed by atoms with Crippen molar-refractivity contribution in [3.63, 3.8) is 0 Å². The molecule has 1 N–H and O–H groups in total. The minimum absolute atomic E-state index is 0.108. The highest BCUT2D eigenvalue weighted by molar-refractivity contribution is 5.55. The van der Waals surface area contributed by atoms with Crippen molar-refractivity contribution in [1.82, 2.24) is 5.32 Å². The van der Waals surface area contributed by atoms with Crippen LogP contribution in [0.15, 0.2) is 18.2 Å². The van der Waals surface area contributed by atoms with Crippen molar-refractivity contribution in [3.05, 3.63) is 29.6 Å². The molecule has 94 valence electrons. The molecule has 1 saturated heterocycles. The van der Waals surface area contributed by atoms with Crippen LogP contribution in [-0.2, 0) is 6.54 Å². The molecule has 0 saturated carbocycles. The van der Waals surface area contributed by atoms with Gasteiger partial charge in [0.05, 0.1) is 0 Å². The lowest BCUT2D eigenvalue weighted by atomic mass is 10.1. The topological polar surface area (TPSA) is 15.3 Å². The number of hydrogen-bond acceptors (Lipinski definition) is 2. The summed E-state index contributed by atoms with van der Waals surface area (Å²) in [6, 6.07) is 5.88. The Labute approximate surface area is 103 Å². The molecule has 1 aromatic rings. The molecular formula is C14H21FN2. The number of rotatable bonds is 3. The van der Waals surface area contributed by atoms with Crippen molar-refractivity contribution in [2.24, 2.45) is 5.92 Å². The van der Waals surface area contributed by atoms with E-state index < -0.39 is 0 Å². The van der Waals surface area contributed by atoms with Crippen molar-refractivity contribution in [1.29, 1.82) is 0 Å².